The summed E-state index contributed by atoms with van der Waals surface area (Å²) in [6, 6.07) is 6.85. The predicted octanol–water partition coefficient (Wildman–Crippen LogP) is 1.64. The number of nitrogens with two attached hydrogens (primary N) is 1. The summed E-state index contributed by atoms with van der Waals surface area (Å²) < 4.78 is 5.05. The Bertz CT molecular complexity index is 462. The number of likely N-dealkylation sites (tertiary alicyclic amines) is 1. The van der Waals surface area contributed by atoms with Gasteiger partial charge in [0, 0.05) is 18.7 Å². The summed E-state index contributed by atoms with van der Waals surface area (Å²) in [6.45, 7) is 1.76. The highest BCUT2D eigenvalue weighted by Gasteiger charge is 2.14. The van der Waals surface area contributed by atoms with Gasteiger partial charge in [0.25, 0.3) is 5.91 Å². The molecule has 1 aromatic carbocycles. The second-order valence-corrected chi connectivity index (χ2v) is 4.55. The predicted molar refractivity (Wildman–Crippen MR) is 74.4 cm³/mol. The molecule has 5 nitrogen and oxygen atoms in total. The largest absolute Gasteiger partial charge is 0.497 e. The molecule has 19 heavy (non-hydrogen) atoms. The molecule has 0 atom stereocenters. The van der Waals surface area contributed by atoms with E-state index in [2.05, 4.69) is 4.99 Å². The van der Waals surface area contributed by atoms with E-state index in [1.54, 1.807) is 31.4 Å². The summed E-state index contributed by atoms with van der Waals surface area (Å²) in [6.07, 6.45) is 3.43. The fourth-order valence-corrected chi connectivity index (χ4v) is 2.10. The maximum Gasteiger partial charge on any atom is 0.280 e. The molecule has 1 amide bonds. The van der Waals surface area contributed by atoms with E-state index in [1.807, 2.05) is 4.90 Å². The molecule has 0 aromatic heterocycles. The molecular weight excluding hydrogens is 242 g/mol. The maximum atomic E-state index is 12.0. The first-order valence-electron chi connectivity index (χ1n) is 6.48. The van der Waals surface area contributed by atoms with Crippen LogP contribution in [0.5, 0.6) is 5.75 Å². The van der Waals surface area contributed by atoms with Crippen molar-refractivity contribution in [1.82, 2.24) is 4.90 Å². The normalized spacial score (nSPS) is 16.3. The van der Waals surface area contributed by atoms with Gasteiger partial charge in [0.15, 0.2) is 5.96 Å². The van der Waals surface area contributed by atoms with Gasteiger partial charge in [-0.2, -0.15) is 4.99 Å². The van der Waals surface area contributed by atoms with Crippen molar-refractivity contribution in [2.45, 2.75) is 19.3 Å². The number of methoxy groups -OCH3 is 1. The van der Waals surface area contributed by atoms with Crippen molar-refractivity contribution in [3.8, 4) is 5.75 Å². The zero-order valence-corrected chi connectivity index (χ0v) is 11.1. The molecule has 1 heterocycles. The molecule has 2 rings (SSSR count). The molecule has 0 unspecified atom stereocenters. The number of nitrogens with zero attached hydrogens (tertiary/aromatic N) is 2. The summed E-state index contributed by atoms with van der Waals surface area (Å²) >= 11 is 0. The van der Waals surface area contributed by atoms with Crippen molar-refractivity contribution in [2.75, 3.05) is 20.2 Å². The van der Waals surface area contributed by atoms with E-state index in [4.69, 9.17) is 10.5 Å². The van der Waals surface area contributed by atoms with Crippen molar-refractivity contribution in [3.63, 3.8) is 0 Å². The van der Waals surface area contributed by atoms with E-state index in [-0.39, 0.29) is 5.91 Å². The number of hydrogen-bond acceptors (Lipinski definition) is 2. The highest BCUT2D eigenvalue weighted by atomic mass is 16.5. The Labute approximate surface area is 113 Å². The van der Waals surface area contributed by atoms with Crippen LogP contribution in [-0.4, -0.2) is 37.0 Å². The molecule has 0 aliphatic carbocycles. The molecule has 0 spiro atoms. The summed E-state index contributed by atoms with van der Waals surface area (Å²) in [4.78, 5) is 17.9. The summed E-state index contributed by atoms with van der Waals surface area (Å²) in [5.74, 6) is 0.718. The highest BCUT2D eigenvalue weighted by Crippen LogP contribution is 2.13. The number of amides is 1. The van der Waals surface area contributed by atoms with Gasteiger partial charge in [0.2, 0.25) is 0 Å². The Morgan fingerprint density at radius 3 is 2.42 bits per heavy atom. The van der Waals surface area contributed by atoms with Crippen LogP contribution >= 0.6 is 0 Å². The fraction of sp³-hybridized carbons (Fsp3) is 0.429. The maximum absolute atomic E-state index is 12.0. The van der Waals surface area contributed by atoms with Crippen molar-refractivity contribution in [1.29, 1.82) is 0 Å². The number of ether oxygens (including phenoxy) is 1. The van der Waals surface area contributed by atoms with Crippen LogP contribution in [0.15, 0.2) is 29.3 Å². The monoisotopic (exact) mass is 261 g/mol. The number of carbonyl (C=O) groups excluding carboxylic acids is 1. The zero-order chi connectivity index (χ0) is 13.7. The first kappa shape index (κ1) is 13.4. The van der Waals surface area contributed by atoms with Crippen LogP contribution in [0.25, 0.3) is 0 Å². The van der Waals surface area contributed by atoms with Crippen LogP contribution in [0.4, 0.5) is 0 Å². The third-order valence-corrected chi connectivity index (χ3v) is 3.23. The van der Waals surface area contributed by atoms with E-state index in [0.29, 0.717) is 17.3 Å². The van der Waals surface area contributed by atoms with Gasteiger partial charge in [-0.15, -0.1) is 0 Å². The number of hydrogen-bond donors (Lipinski definition) is 1. The summed E-state index contributed by atoms with van der Waals surface area (Å²) in [7, 11) is 1.59. The molecule has 0 radical (unpaired) electrons. The Hall–Kier alpha value is -2.04. The van der Waals surface area contributed by atoms with Gasteiger partial charge in [0.05, 0.1) is 7.11 Å². The average Bonchev–Trinajstić information content (AvgIpc) is 2.48. The van der Waals surface area contributed by atoms with Gasteiger partial charge in [-0.25, -0.2) is 0 Å². The second-order valence-electron chi connectivity index (χ2n) is 4.55. The van der Waals surface area contributed by atoms with Gasteiger partial charge >= 0.3 is 0 Å². The van der Waals surface area contributed by atoms with E-state index >= 15 is 0 Å². The SMILES string of the molecule is COc1ccc(C(=O)N=C(N)N2CCCCC2)cc1. The molecular formula is C14H19N3O2. The topological polar surface area (TPSA) is 67.9 Å². The Morgan fingerprint density at radius 1 is 1.21 bits per heavy atom. The minimum absolute atomic E-state index is 0.314. The number of aliphatic imine (C=N–C) groups is 1. The molecule has 0 bridgehead atoms. The van der Waals surface area contributed by atoms with E-state index < -0.39 is 0 Å². The fourth-order valence-electron chi connectivity index (χ4n) is 2.10. The summed E-state index contributed by atoms with van der Waals surface area (Å²) in [5.41, 5.74) is 6.39. The smallest absolute Gasteiger partial charge is 0.280 e. The molecule has 5 heteroatoms. The van der Waals surface area contributed by atoms with E-state index in [1.165, 1.54) is 6.42 Å². The van der Waals surface area contributed by atoms with Crippen LogP contribution in [0, 0.1) is 0 Å². The number of benzene rings is 1. The number of piperidine rings is 1. The third-order valence-electron chi connectivity index (χ3n) is 3.23. The van der Waals surface area contributed by atoms with Gasteiger partial charge in [-0.1, -0.05) is 0 Å². The lowest BCUT2D eigenvalue weighted by Gasteiger charge is -2.27. The van der Waals surface area contributed by atoms with Crippen molar-refractivity contribution in [2.24, 2.45) is 10.7 Å². The molecule has 102 valence electrons. The summed E-state index contributed by atoms with van der Waals surface area (Å²) in [5, 5.41) is 0. The molecule has 0 saturated carbocycles. The minimum atomic E-state index is -0.314. The molecule has 1 aliphatic heterocycles. The van der Waals surface area contributed by atoms with Gasteiger partial charge in [-0.3, -0.25) is 4.79 Å². The Kier molecular flexibility index (Phi) is 4.39. The lowest BCUT2D eigenvalue weighted by molar-refractivity contribution is 0.100. The second kappa shape index (κ2) is 6.22. The molecule has 1 aromatic rings. The third kappa shape index (κ3) is 3.47. The van der Waals surface area contributed by atoms with Crippen LogP contribution < -0.4 is 10.5 Å². The van der Waals surface area contributed by atoms with Gasteiger partial charge in [0.1, 0.15) is 5.75 Å². The van der Waals surface area contributed by atoms with Crippen LogP contribution in [0.1, 0.15) is 29.6 Å². The lowest BCUT2D eigenvalue weighted by atomic mass is 10.1. The van der Waals surface area contributed by atoms with E-state index in [0.717, 1.165) is 25.9 Å². The van der Waals surface area contributed by atoms with Crippen LogP contribution in [0.3, 0.4) is 0 Å². The zero-order valence-electron chi connectivity index (χ0n) is 11.1. The lowest BCUT2D eigenvalue weighted by Crippen LogP contribution is -2.41. The quantitative estimate of drug-likeness (QED) is 0.649. The van der Waals surface area contributed by atoms with Crippen LogP contribution in [-0.2, 0) is 0 Å². The van der Waals surface area contributed by atoms with E-state index in [9.17, 15) is 4.79 Å². The van der Waals surface area contributed by atoms with Gasteiger partial charge < -0.3 is 15.4 Å². The van der Waals surface area contributed by atoms with Crippen molar-refractivity contribution in [3.05, 3.63) is 29.8 Å². The van der Waals surface area contributed by atoms with Crippen molar-refractivity contribution >= 4 is 11.9 Å². The number of carbonyl (C=O) groups is 1. The number of guanidine groups is 1. The average molecular weight is 261 g/mol. The standard InChI is InChI=1S/C14H19N3O2/c1-19-12-7-5-11(6-8-12)13(18)16-14(15)17-9-3-2-4-10-17/h5-8H,2-4,9-10H2,1H3,(H2,15,16,18). The van der Waals surface area contributed by atoms with Crippen LogP contribution in [0.2, 0.25) is 0 Å². The molecule has 1 aliphatic rings. The first-order valence-corrected chi connectivity index (χ1v) is 6.48. The molecule has 1 fully saturated rings. The first-order chi connectivity index (χ1) is 9.20. The molecule has 1 saturated heterocycles. The highest BCUT2D eigenvalue weighted by molar-refractivity contribution is 6.02. The number of rotatable bonds is 2. The van der Waals surface area contributed by atoms with Crippen molar-refractivity contribution < 1.29 is 9.53 Å². The minimum Gasteiger partial charge on any atom is -0.497 e. The molecule has 2 N–H and O–H groups in total. The Balaban J connectivity index is 2.05. The Morgan fingerprint density at radius 2 is 1.84 bits per heavy atom. The van der Waals surface area contributed by atoms with Gasteiger partial charge in [-0.05, 0) is 43.5 Å².